The lowest BCUT2D eigenvalue weighted by Crippen LogP contribution is -2.49. The van der Waals surface area contributed by atoms with Crippen molar-refractivity contribution in [3.63, 3.8) is 0 Å². The van der Waals surface area contributed by atoms with Gasteiger partial charge in [-0.05, 0) is 42.0 Å². The Labute approximate surface area is 156 Å². The number of halogens is 1. The summed E-state index contributed by atoms with van der Waals surface area (Å²) in [6, 6.07) is 12.4. The van der Waals surface area contributed by atoms with Crippen LogP contribution in [0.1, 0.15) is 15.9 Å². The Kier molecular flexibility index (Phi) is 6.03. The number of benzene rings is 2. The zero-order valence-corrected chi connectivity index (χ0v) is 14.8. The molecule has 0 unspecified atom stereocenters. The fourth-order valence-corrected chi connectivity index (χ4v) is 2.93. The highest BCUT2D eigenvalue weighted by Crippen LogP contribution is 2.13. The van der Waals surface area contributed by atoms with Crippen LogP contribution < -0.4 is 4.74 Å². The molecule has 6 nitrogen and oxygen atoms in total. The Balaban J connectivity index is 1.43. The molecule has 0 spiro atoms. The molecule has 0 radical (unpaired) electrons. The normalized spacial score (nSPS) is 14.8. The van der Waals surface area contributed by atoms with Crippen LogP contribution in [0.25, 0.3) is 0 Å². The van der Waals surface area contributed by atoms with Crippen molar-refractivity contribution in [2.24, 2.45) is 0 Å². The summed E-state index contributed by atoms with van der Waals surface area (Å²) < 4.78 is 18.3. The minimum absolute atomic E-state index is 0.0672. The predicted octanol–water partition coefficient (Wildman–Crippen LogP) is 2.25. The van der Waals surface area contributed by atoms with E-state index in [1.165, 1.54) is 24.3 Å². The monoisotopic (exact) mass is 372 g/mol. The molecule has 0 atom stereocenters. The summed E-state index contributed by atoms with van der Waals surface area (Å²) in [6.45, 7) is 3.35. The number of ether oxygens (including phenoxy) is 1. The first kappa shape index (κ1) is 18.8. The molecule has 7 heteroatoms. The summed E-state index contributed by atoms with van der Waals surface area (Å²) in [5.74, 6) is -0.906. The van der Waals surface area contributed by atoms with Gasteiger partial charge in [-0.2, -0.15) is 0 Å². The Bertz CT molecular complexity index is 785. The van der Waals surface area contributed by atoms with Crippen molar-refractivity contribution >= 4 is 11.9 Å². The molecule has 3 rings (SSSR count). The molecule has 1 fully saturated rings. The molecule has 1 amide bonds. The van der Waals surface area contributed by atoms with Gasteiger partial charge in [0.15, 0.2) is 6.61 Å². The summed E-state index contributed by atoms with van der Waals surface area (Å²) >= 11 is 0. The van der Waals surface area contributed by atoms with Crippen LogP contribution in [0.2, 0.25) is 0 Å². The summed E-state index contributed by atoms with van der Waals surface area (Å²) in [6.07, 6.45) is 0. The molecule has 1 N–H and O–H groups in total. The summed E-state index contributed by atoms with van der Waals surface area (Å²) in [5, 5.41) is 8.93. The van der Waals surface area contributed by atoms with Gasteiger partial charge >= 0.3 is 5.97 Å². The van der Waals surface area contributed by atoms with E-state index in [2.05, 4.69) is 4.90 Å². The number of piperazine rings is 1. The maximum absolute atomic E-state index is 12.9. The number of hydrogen-bond donors (Lipinski definition) is 1. The zero-order valence-electron chi connectivity index (χ0n) is 14.8. The topological polar surface area (TPSA) is 70.1 Å². The van der Waals surface area contributed by atoms with Crippen molar-refractivity contribution < 1.29 is 23.8 Å². The molecule has 1 saturated heterocycles. The molecule has 0 saturated carbocycles. The Hall–Kier alpha value is -2.93. The van der Waals surface area contributed by atoms with Crippen LogP contribution in [-0.2, 0) is 11.3 Å². The molecule has 27 heavy (non-hydrogen) atoms. The zero-order chi connectivity index (χ0) is 19.2. The second kappa shape index (κ2) is 8.64. The van der Waals surface area contributed by atoms with Gasteiger partial charge in [-0.25, -0.2) is 9.18 Å². The van der Waals surface area contributed by atoms with E-state index in [4.69, 9.17) is 9.84 Å². The van der Waals surface area contributed by atoms with Gasteiger partial charge in [0, 0.05) is 32.7 Å². The summed E-state index contributed by atoms with van der Waals surface area (Å²) in [7, 11) is 0. The molecule has 0 aliphatic carbocycles. The minimum Gasteiger partial charge on any atom is -0.484 e. The first-order chi connectivity index (χ1) is 13.0. The standard InChI is InChI=1S/C20H21FN2O4/c21-17-5-7-18(8-6-17)27-14-19(24)23-11-9-22(10-12-23)13-15-1-3-16(4-2-15)20(25)26/h1-8H,9-14H2,(H,25,26). The van der Waals surface area contributed by atoms with Crippen LogP contribution in [0.4, 0.5) is 4.39 Å². The van der Waals surface area contributed by atoms with Gasteiger partial charge in [0.1, 0.15) is 11.6 Å². The van der Waals surface area contributed by atoms with E-state index < -0.39 is 5.97 Å². The highest BCUT2D eigenvalue weighted by molar-refractivity contribution is 5.87. The van der Waals surface area contributed by atoms with E-state index in [0.29, 0.717) is 25.4 Å². The van der Waals surface area contributed by atoms with Crippen molar-refractivity contribution in [2.45, 2.75) is 6.54 Å². The SMILES string of the molecule is O=C(O)c1ccc(CN2CCN(C(=O)COc3ccc(F)cc3)CC2)cc1. The van der Waals surface area contributed by atoms with E-state index in [9.17, 15) is 14.0 Å². The Morgan fingerprint density at radius 3 is 2.19 bits per heavy atom. The first-order valence-corrected chi connectivity index (χ1v) is 8.72. The lowest BCUT2D eigenvalue weighted by molar-refractivity contribution is -0.135. The highest BCUT2D eigenvalue weighted by atomic mass is 19.1. The number of carbonyl (C=O) groups excluding carboxylic acids is 1. The van der Waals surface area contributed by atoms with Crippen LogP contribution in [-0.4, -0.2) is 59.6 Å². The molecule has 2 aromatic carbocycles. The second-order valence-electron chi connectivity index (χ2n) is 6.40. The van der Waals surface area contributed by atoms with E-state index >= 15 is 0 Å². The molecule has 1 aliphatic rings. The number of carbonyl (C=O) groups is 2. The van der Waals surface area contributed by atoms with E-state index in [-0.39, 0.29) is 23.9 Å². The van der Waals surface area contributed by atoms with Gasteiger partial charge in [-0.15, -0.1) is 0 Å². The number of carboxylic acid groups (broad SMARTS) is 1. The summed E-state index contributed by atoms with van der Waals surface area (Å²) in [4.78, 5) is 27.1. The van der Waals surface area contributed by atoms with Crippen LogP contribution in [0, 0.1) is 5.82 Å². The fourth-order valence-electron chi connectivity index (χ4n) is 2.93. The number of amides is 1. The molecule has 2 aromatic rings. The first-order valence-electron chi connectivity index (χ1n) is 8.72. The number of rotatable bonds is 6. The maximum Gasteiger partial charge on any atom is 0.335 e. The van der Waals surface area contributed by atoms with Gasteiger partial charge in [0.2, 0.25) is 0 Å². The van der Waals surface area contributed by atoms with E-state index in [1.54, 1.807) is 17.0 Å². The third kappa shape index (κ3) is 5.27. The molecule has 1 heterocycles. The molecular formula is C20H21FN2O4. The molecule has 142 valence electrons. The van der Waals surface area contributed by atoms with Crippen LogP contribution in [0.3, 0.4) is 0 Å². The molecule has 0 aromatic heterocycles. The third-order valence-corrected chi connectivity index (χ3v) is 4.51. The predicted molar refractivity (Wildman–Crippen MR) is 97.2 cm³/mol. The van der Waals surface area contributed by atoms with Crippen LogP contribution >= 0.6 is 0 Å². The molecule has 1 aliphatic heterocycles. The Morgan fingerprint density at radius 2 is 1.59 bits per heavy atom. The van der Waals surface area contributed by atoms with Crippen molar-refractivity contribution in [1.29, 1.82) is 0 Å². The maximum atomic E-state index is 12.9. The smallest absolute Gasteiger partial charge is 0.335 e. The van der Waals surface area contributed by atoms with Crippen molar-refractivity contribution in [3.05, 3.63) is 65.5 Å². The van der Waals surface area contributed by atoms with Gasteiger partial charge < -0.3 is 14.7 Å². The van der Waals surface area contributed by atoms with Gasteiger partial charge in [-0.3, -0.25) is 9.69 Å². The number of aromatic carboxylic acids is 1. The highest BCUT2D eigenvalue weighted by Gasteiger charge is 2.21. The van der Waals surface area contributed by atoms with Gasteiger partial charge in [-0.1, -0.05) is 12.1 Å². The average molecular weight is 372 g/mol. The number of carboxylic acids is 1. The minimum atomic E-state index is -0.934. The largest absolute Gasteiger partial charge is 0.484 e. The lowest BCUT2D eigenvalue weighted by atomic mass is 10.1. The number of nitrogens with zero attached hydrogens (tertiary/aromatic N) is 2. The Morgan fingerprint density at radius 1 is 0.963 bits per heavy atom. The van der Waals surface area contributed by atoms with Crippen molar-refractivity contribution in [1.82, 2.24) is 9.80 Å². The van der Waals surface area contributed by atoms with Crippen molar-refractivity contribution in [3.8, 4) is 5.75 Å². The van der Waals surface area contributed by atoms with Crippen molar-refractivity contribution in [2.75, 3.05) is 32.8 Å². The molecule has 0 bridgehead atoms. The van der Waals surface area contributed by atoms with Gasteiger partial charge in [0.25, 0.3) is 5.91 Å². The van der Waals surface area contributed by atoms with Crippen LogP contribution in [0.15, 0.2) is 48.5 Å². The second-order valence-corrected chi connectivity index (χ2v) is 6.40. The average Bonchev–Trinajstić information content (AvgIpc) is 2.68. The third-order valence-electron chi connectivity index (χ3n) is 4.51. The lowest BCUT2D eigenvalue weighted by Gasteiger charge is -2.34. The quantitative estimate of drug-likeness (QED) is 0.842. The fraction of sp³-hybridized carbons (Fsp3) is 0.300. The van der Waals surface area contributed by atoms with E-state index in [0.717, 1.165) is 18.7 Å². The van der Waals surface area contributed by atoms with Gasteiger partial charge in [0.05, 0.1) is 5.56 Å². The summed E-state index contributed by atoms with van der Waals surface area (Å²) in [5.41, 5.74) is 1.31. The molecular weight excluding hydrogens is 351 g/mol. The number of hydrogen-bond acceptors (Lipinski definition) is 4. The van der Waals surface area contributed by atoms with E-state index in [1.807, 2.05) is 12.1 Å². The van der Waals surface area contributed by atoms with Crippen LogP contribution in [0.5, 0.6) is 5.75 Å².